The van der Waals surface area contributed by atoms with Gasteiger partial charge in [0.15, 0.2) is 0 Å². The monoisotopic (exact) mass is 453 g/mol. The molecule has 0 saturated heterocycles. The van der Waals surface area contributed by atoms with Gasteiger partial charge in [0.1, 0.15) is 18.2 Å². The summed E-state index contributed by atoms with van der Waals surface area (Å²) >= 11 is 0. The van der Waals surface area contributed by atoms with Gasteiger partial charge in [-0.05, 0) is 40.8 Å². The van der Waals surface area contributed by atoms with Crippen LogP contribution in [0.5, 0.6) is 5.75 Å². The van der Waals surface area contributed by atoms with E-state index < -0.39 is 18.5 Å². The van der Waals surface area contributed by atoms with Crippen LogP contribution < -0.4 is 10.1 Å². The van der Waals surface area contributed by atoms with Crippen LogP contribution in [0.3, 0.4) is 0 Å². The van der Waals surface area contributed by atoms with Crippen molar-refractivity contribution in [2.24, 2.45) is 0 Å². The Morgan fingerprint density at radius 3 is 2.33 bits per heavy atom. The third-order valence-corrected chi connectivity index (χ3v) is 5.41. The van der Waals surface area contributed by atoms with E-state index >= 15 is 0 Å². The molecule has 0 radical (unpaired) electrons. The van der Waals surface area contributed by atoms with Crippen LogP contribution in [-0.4, -0.2) is 25.9 Å². The molecular formula is C26H22F3NO3. The van der Waals surface area contributed by atoms with E-state index in [4.69, 9.17) is 4.74 Å². The highest BCUT2D eigenvalue weighted by Gasteiger charge is 2.28. The molecule has 3 aromatic rings. The van der Waals surface area contributed by atoms with Crippen molar-refractivity contribution in [2.45, 2.75) is 19.0 Å². The van der Waals surface area contributed by atoms with Gasteiger partial charge in [-0.1, -0.05) is 60.7 Å². The second-order valence-electron chi connectivity index (χ2n) is 7.50. The van der Waals surface area contributed by atoms with Crippen LogP contribution in [-0.2, 0) is 4.74 Å². The molecule has 0 fully saturated rings. The Balaban J connectivity index is 1.28. The van der Waals surface area contributed by atoms with Crippen molar-refractivity contribution in [1.82, 2.24) is 5.32 Å². The number of hydrogen-bond donors (Lipinski definition) is 1. The molecule has 0 spiro atoms. The molecule has 0 aromatic heterocycles. The van der Waals surface area contributed by atoms with Gasteiger partial charge < -0.3 is 14.8 Å². The standard InChI is InChI=1S/C26H22F3NO3/c27-18-13-12-17(24(15-18)33-25(28)29)7-5-6-14-30-26(31)32-16-23-21-10-3-1-8-19(21)20-9-2-4-11-22(20)23/h1-5,7-13,15,23,25H,6,14,16H2,(H,30,31). The number of carbonyl (C=O) groups excluding carboxylic acids is 1. The lowest BCUT2D eigenvalue weighted by atomic mass is 9.98. The number of nitrogens with one attached hydrogen (secondary N) is 1. The summed E-state index contributed by atoms with van der Waals surface area (Å²) in [4.78, 5) is 12.2. The summed E-state index contributed by atoms with van der Waals surface area (Å²) in [5.41, 5.74) is 4.90. The molecule has 4 nitrogen and oxygen atoms in total. The van der Waals surface area contributed by atoms with Gasteiger partial charge in [-0.3, -0.25) is 0 Å². The van der Waals surface area contributed by atoms with Crippen LogP contribution >= 0.6 is 0 Å². The van der Waals surface area contributed by atoms with Crippen LogP contribution in [0.15, 0.2) is 72.8 Å². The number of alkyl carbamates (subject to hydrolysis) is 1. The lowest BCUT2D eigenvalue weighted by Gasteiger charge is -2.14. The van der Waals surface area contributed by atoms with Gasteiger partial charge in [-0.25, -0.2) is 9.18 Å². The Morgan fingerprint density at radius 2 is 1.67 bits per heavy atom. The maximum absolute atomic E-state index is 13.3. The van der Waals surface area contributed by atoms with Crippen LogP contribution in [0.2, 0.25) is 0 Å². The smallest absolute Gasteiger partial charge is 0.407 e. The fraction of sp³-hybridized carbons (Fsp3) is 0.192. The predicted octanol–water partition coefficient (Wildman–Crippen LogP) is 6.37. The number of carbonyl (C=O) groups is 1. The Bertz CT molecular complexity index is 1120. The molecule has 1 aliphatic rings. The highest BCUT2D eigenvalue weighted by Crippen LogP contribution is 2.44. The topological polar surface area (TPSA) is 47.6 Å². The van der Waals surface area contributed by atoms with Crippen molar-refractivity contribution in [3.63, 3.8) is 0 Å². The maximum Gasteiger partial charge on any atom is 0.407 e. The third kappa shape index (κ3) is 5.37. The normalized spacial score (nSPS) is 12.6. The Morgan fingerprint density at radius 1 is 1.00 bits per heavy atom. The number of alkyl halides is 2. The number of halogens is 3. The fourth-order valence-electron chi connectivity index (χ4n) is 3.96. The summed E-state index contributed by atoms with van der Waals surface area (Å²) in [5.74, 6) is -0.930. The van der Waals surface area contributed by atoms with Crippen molar-refractivity contribution in [3.8, 4) is 16.9 Å². The number of amides is 1. The van der Waals surface area contributed by atoms with E-state index in [9.17, 15) is 18.0 Å². The van der Waals surface area contributed by atoms with Crippen molar-refractivity contribution in [1.29, 1.82) is 0 Å². The summed E-state index contributed by atoms with van der Waals surface area (Å²) < 4.78 is 48.0. The minimum atomic E-state index is -3.05. The van der Waals surface area contributed by atoms with Gasteiger partial charge in [-0.2, -0.15) is 8.78 Å². The zero-order valence-electron chi connectivity index (χ0n) is 17.6. The lowest BCUT2D eigenvalue weighted by Crippen LogP contribution is -2.26. The summed E-state index contributed by atoms with van der Waals surface area (Å²) in [6.45, 7) is -2.53. The van der Waals surface area contributed by atoms with Gasteiger partial charge in [0.25, 0.3) is 0 Å². The molecule has 0 atom stereocenters. The summed E-state index contributed by atoms with van der Waals surface area (Å²) in [7, 11) is 0. The maximum atomic E-state index is 13.3. The molecule has 170 valence electrons. The molecule has 1 N–H and O–H groups in total. The largest absolute Gasteiger partial charge is 0.449 e. The predicted molar refractivity (Wildman–Crippen MR) is 120 cm³/mol. The molecular weight excluding hydrogens is 431 g/mol. The van der Waals surface area contributed by atoms with Crippen LogP contribution in [0, 0.1) is 5.82 Å². The minimum Gasteiger partial charge on any atom is -0.449 e. The third-order valence-electron chi connectivity index (χ3n) is 5.41. The second kappa shape index (κ2) is 10.3. The first kappa shape index (κ1) is 22.5. The summed E-state index contributed by atoms with van der Waals surface area (Å²) in [6, 6.07) is 19.6. The molecule has 33 heavy (non-hydrogen) atoms. The quantitative estimate of drug-likeness (QED) is 0.403. The van der Waals surface area contributed by atoms with Crippen molar-refractivity contribution >= 4 is 12.2 Å². The molecule has 0 bridgehead atoms. The van der Waals surface area contributed by atoms with E-state index in [-0.39, 0.29) is 18.3 Å². The Hall–Kier alpha value is -3.74. The molecule has 0 unspecified atom stereocenters. The highest BCUT2D eigenvalue weighted by molar-refractivity contribution is 5.79. The first-order valence-electron chi connectivity index (χ1n) is 10.5. The fourth-order valence-corrected chi connectivity index (χ4v) is 3.96. The van der Waals surface area contributed by atoms with Gasteiger partial charge in [0.05, 0.1) is 0 Å². The molecule has 7 heteroatoms. The molecule has 0 saturated carbocycles. The van der Waals surface area contributed by atoms with Crippen LogP contribution in [0.4, 0.5) is 18.0 Å². The van der Waals surface area contributed by atoms with Crippen molar-refractivity contribution < 1.29 is 27.4 Å². The van der Waals surface area contributed by atoms with E-state index in [1.165, 1.54) is 12.1 Å². The number of fused-ring (bicyclic) bond motifs is 3. The zero-order valence-corrected chi connectivity index (χ0v) is 17.6. The average molecular weight is 453 g/mol. The number of rotatable bonds is 8. The lowest BCUT2D eigenvalue weighted by molar-refractivity contribution is -0.0501. The first-order chi connectivity index (χ1) is 16.0. The SMILES string of the molecule is O=C(NCCC=Cc1ccc(F)cc1OC(F)F)OCC1c2ccccc2-c2ccccc21. The molecule has 3 aromatic carbocycles. The molecule has 0 aliphatic heterocycles. The minimum absolute atomic E-state index is 0.0187. The first-order valence-corrected chi connectivity index (χ1v) is 10.5. The Labute approximate surface area is 189 Å². The van der Waals surface area contributed by atoms with Crippen LogP contribution in [0.25, 0.3) is 17.2 Å². The van der Waals surface area contributed by atoms with Gasteiger partial charge in [0.2, 0.25) is 0 Å². The molecule has 1 aliphatic carbocycles. The Kier molecular flexibility index (Phi) is 6.98. The van der Waals surface area contributed by atoms with Gasteiger partial charge in [-0.15, -0.1) is 0 Å². The van der Waals surface area contributed by atoms with E-state index in [1.54, 1.807) is 6.08 Å². The van der Waals surface area contributed by atoms with Crippen LogP contribution in [0.1, 0.15) is 29.0 Å². The van der Waals surface area contributed by atoms with E-state index in [2.05, 4.69) is 22.2 Å². The molecule has 1 amide bonds. The van der Waals surface area contributed by atoms with Gasteiger partial charge in [0, 0.05) is 24.1 Å². The van der Waals surface area contributed by atoms with Crippen molar-refractivity contribution in [2.75, 3.05) is 13.2 Å². The second-order valence-corrected chi connectivity index (χ2v) is 7.50. The summed E-state index contributed by atoms with van der Waals surface area (Å²) in [6.07, 6.45) is 3.11. The van der Waals surface area contributed by atoms with Gasteiger partial charge >= 0.3 is 12.7 Å². The summed E-state index contributed by atoms with van der Waals surface area (Å²) in [5, 5.41) is 2.67. The highest BCUT2D eigenvalue weighted by atomic mass is 19.3. The molecule has 4 rings (SSSR count). The van der Waals surface area contributed by atoms with Crippen molar-refractivity contribution in [3.05, 3.63) is 95.3 Å². The molecule has 0 heterocycles. The van der Waals surface area contributed by atoms with E-state index in [1.807, 2.05) is 36.4 Å². The number of benzene rings is 3. The zero-order chi connectivity index (χ0) is 23.2. The number of ether oxygens (including phenoxy) is 2. The average Bonchev–Trinajstić information content (AvgIpc) is 3.12. The number of hydrogen-bond acceptors (Lipinski definition) is 3. The van der Waals surface area contributed by atoms with E-state index in [0.29, 0.717) is 18.5 Å². The van der Waals surface area contributed by atoms with E-state index in [0.717, 1.165) is 34.4 Å².